The van der Waals surface area contributed by atoms with Crippen LogP contribution in [0, 0.1) is 0 Å². The molecule has 0 unspecified atom stereocenters. The maximum atomic E-state index is 12.0. The molecule has 2 rings (SSSR count). The molecule has 0 saturated carbocycles. The molecule has 0 fully saturated rings. The molecule has 0 bridgehead atoms. The Kier molecular flexibility index (Phi) is 3.57. The third-order valence-corrected chi connectivity index (χ3v) is 3.86. The number of aromatic amines is 1. The van der Waals surface area contributed by atoms with Crippen LogP contribution < -0.4 is 10.2 Å². The second kappa shape index (κ2) is 5.17. The molecular weight excluding hydrogens is 284 g/mol. The summed E-state index contributed by atoms with van der Waals surface area (Å²) in [4.78, 5) is 24.3. The maximum absolute atomic E-state index is 12.0. The SMILES string of the molecule is O=C(O)c1ccc(NS(=O)(=O)c2c[nH]ccc2=O)cc1. The number of carbonyl (C=O) groups is 1. The van der Waals surface area contributed by atoms with Crippen LogP contribution in [0.1, 0.15) is 10.4 Å². The first-order chi connectivity index (χ1) is 9.40. The Morgan fingerprint density at radius 3 is 2.35 bits per heavy atom. The summed E-state index contributed by atoms with van der Waals surface area (Å²) in [5, 5.41) is 8.74. The second-order valence-electron chi connectivity index (χ2n) is 3.86. The zero-order valence-electron chi connectivity index (χ0n) is 10.0. The first kappa shape index (κ1) is 13.8. The number of hydrogen-bond acceptors (Lipinski definition) is 4. The third-order valence-electron chi connectivity index (χ3n) is 2.46. The zero-order valence-corrected chi connectivity index (χ0v) is 10.8. The Morgan fingerprint density at radius 2 is 1.80 bits per heavy atom. The van der Waals surface area contributed by atoms with Crippen molar-refractivity contribution < 1.29 is 18.3 Å². The lowest BCUT2D eigenvalue weighted by atomic mass is 10.2. The fourth-order valence-corrected chi connectivity index (χ4v) is 2.61. The summed E-state index contributed by atoms with van der Waals surface area (Å²) in [6, 6.07) is 6.23. The lowest BCUT2D eigenvalue weighted by molar-refractivity contribution is 0.0697. The topological polar surface area (TPSA) is 116 Å². The molecule has 8 heteroatoms. The van der Waals surface area contributed by atoms with Crippen molar-refractivity contribution in [2.24, 2.45) is 0 Å². The van der Waals surface area contributed by atoms with Crippen LogP contribution in [0.3, 0.4) is 0 Å². The van der Waals surface area contributed by atoms with Crippen molar-refractivity contribution in [1.29, 1.82) is 0 Å². The number of H-pyrrole nitrogens is 1. The highest BCUT2D eigenvalue weighted by molar-refractivity contribution is 7.92. The number of rotatable bonds is 4. The van der Waals surface area contributed by atoms with Gasteiger partial charge in [-0.05, 0) is 24.3 Å². The lowest BCUT2D eigenvalue weighted by Crippen LogP contribution is -2.20. The van der Waals surface area contributed by atoms with Gasteiger partial charge in [0.25, 0.3) is 10.0 Å². The summed E-state index contributed by atoms with van der Waals surface area (Å²) in [7, 11) is -4.02. The minimum atomic E-state index is -4.02. The molecule has 3 N–H and O–H groups in total. The Morgan fingerprint density at radius 1 is 1.15 bits per heavy atom. The zero-order chi connectivity index (χ0) is 14.8. The number of benzene rings is 1. The highest BCUT2D eigenvalue weighted by Crippen LogP contribution is 2.14. The molecule has 0 aliphatic rings. The monoisotopic (exact) mass is 294 g/mol. The number of nitrogens with one attached hydrogen (secondary N) is 2. The number of anilines is 1. The van der Waals surface area contributed by atoms with E-state index in [0.29, 0.717) is 0 Å². The summed E-state index contributed by atoms with van der Waals surface area (Å²) < 4.78 is 26.2. The minimum Gasteiger partial charge on any atom is -0.478 e. The van der Waals surface area contributed by atoms with Gasteiger partial charge in [0, 0.05) is 24.1 Å². The van der Waals surface area contributed by atoms with E-state index in [2.05, 4.69) is 9.71 Å². The van der Waals surface area contributed by atoms with Gasteiger partial charge in [0.05, 0.1) is 5.56 Å². The van der Waals surface area contributed by atoms with Crippen LogP contribution in [0.4, 0.5) is 5.69 Å². The van der Waals surface area contributed by atoms with Gasteiger partial charge >= 0.3 is 5.97 Å². The number of carboxylic acids is 1. The predicted molar refractivity (Wildman–Crippen MR) is 71.3 cm³/mol. The molecule has 0 aliphatic heterocycles. The second-order valence-corrected chi connectivity index (χ2v) is 5.51. The average Bonchev–Trinajstić information content (AvgIpc) is 2.39. The van der Waals surface area contributed by atoms with Gasteiger partial charge in [0.2, 0.25) is 5.43 Å². The first-order valence-electron chi connectivity index (χ1n) is 5.43. The van der Waals surface area contributed by atoms with Crippen LogP contribution >= 0.6 is 0 Å². The van der Waals surface area contributed by atoms with Crippen molar-refractivity contribution in [2.75, 3.05) is 4.72 Å². The standard InChI is InChI=1S/C12H10N2O5S/c15-10-5-6-13-7-11(10)20(18,19)14-9-3-1-8(2-4-9)12(16)17/h1-7,14H,(H,13,15)(H,16,17). The van der Waals surface area contributed by atoms with Crippen molar-refractivity contribution in [1.82, 2.24) is 4.98 Å². The number of aromatic carboxylic acids is 1. The molecule has 7 nitrogen and oxygen atoms in total. The van der Waals surface area contributed by atoms with Gasteiger partial charge in [-0.15, -0.1) is 0 Å². The molecule has 0 aliphatic carbocycles. The molecule has 2 aromatic rings. The van der Waals surface area contributed by atoms with Crippen molar-refractivity contribution in [3.8, 4) is 0 Å². The van der Waals surface area contributed by atoms with Crippen LogP contribution in [0.5, 0.6) is 0 Å². The minimum absolute atomic E-state index is 0.0329. The van der Waals surface area contributed by atoms with Gasteiger partial charge in [-0.3, -0.25) is 9.52 Å². The normalized spacial score (nSPS) is 11.0. The van der Waals surface area contributed by atoms with Crippen molar-refractivity contribution in [3.63, 3.8) is 0 Å². The molecule has 1 aromatic carbocycles. The summed E-state index contributed by atoms with van der Waals surface area (Å²) >= 11 is 0. The number of aromatic nitrogens is 1. The van der Waals surface area contributed by atoms with E-state index in [1.54, 1.807) is 0 Å². The summed E-state index contributed by atoms with van der Waals surface area (Å²) in [5.74, 6) is -1.11. The van der Waals surface area contributed by atoms with Crippen LogP contribution in [0.15, 0.2) is 52.4 Å². The maximum Gasteiger partial charge on any atom is 0.335 e. The van der Waals surface area contributed by atoms with E-state index in [9.17, 15) is 18.0 Å². The Balaban J connectivity index is 2.32. The molecule has 1 heterocycles. The van der Waals surface area contributed by atoms with Gasteiger partial charge in [0.15, 0.2) is 4.90 Å². The highest BCUT2D eigenvalue weighted by Gasteiger charge is 2.17. The van der Waals surface area contributed by atoms with Crippen LogP contribution in [-0.2, 0) is 10.0 Å². The predicted octanol–water partition coefficient (Wildman–Crippen LogP) is 0.874. The summed E-state index contributed by atoms with van der Waals surface area (Å²) in [6.07, 6.45) is 2.40. The van der Waals surface area contributed by atoms with Gasteiger partial charge in [-0.2, -0.15) is 0 Å². The molecule has 1 aromatic heterocycles. The quantitative estimate of drug-likeness (QED) is 0.773. The molecule has 0 atom stereocenters. The molecule has 0 spiro atoms. The van der Waals surface area contributed by atoms with Gasteiger partial charge in [-0.1, -0.05) is 0 Å². The van der Waals surface area contributed by atoms with E-state index < -0.39 is 26.3 Å². The van der Waals surface area contributed by atoms with Crippen LogP contribution in [0.25, 0.3) is 0 Å². The number of hydrogen-bond donors (Lipinski definition) is 3. The smallest absolute Gasteiger partial charge is 0.335 e. The first-order valence-corrected chi connectivity index (χ1v) is 6.92. The third kappa shape index (κ3) is 2.86. The molecule has 0 radical (unpaired) electrons. The fraction of sp³-hybridized carbons (Fsp3) is 0. The van der Waals surface area contributed by atoms with Crippen molar-refractivity contribution in [3.05, 3.63) is 58.5 Å². The van der Waals surface area contributed by atoms with Gasteiger partial charge in [-0.25, -0.2) is 13.2 Å². The Hall–Kier alpha value is -2.61. The van der Waals surface area contributed by atoms with E-state index in [-0.39, 0.29) is 11.3 Å². The largest absolute Gasteiger partial charge is 0.478 e. The summed E-state index contributed by atoms with van der Waals surface area (Å²) in [6.45, 7) is 0. The van der Waals surface area contributed by atoms with E-state index in [1.165, 1.54) is 30.5 Å². The molecular formula is C12H10N2O5S. The molecule has 20 heavy (non-hydrogen) atoms. The Labute approximate surface area is 114 Å². The average molecular weight is 294 g/mol. The van der Waals surface area contributed by atoms with Gasteiger partial charge < -0.3 is 10.1 Å². The van der Waals surface area contributed by atoms with Crippen molar-refractivity contribution >= 4 is 21.7 Å². The number of carboxylic acid groups (broad SMARTS) is 1. The van der Waals surface area contributed by atoms with E-state index in [1.807, 2.05) is 0 Å². The number of sulfonamides is 1. The molecule has 0 saturated heterocycles. The fourth-order valence-electron chi connectivity index (χ4n) is 1.50. The number of pyridine rings is 1. The Bertz CT molecular complexity index is 793. The van der Waals surface area contributed by atoms with E-state index in [0.717, 1.165) is 12.3 Å². The highest BCUT2D eigenvalue weighted by atomic mass is 32.2. The van der Waals surface area contributed by atoms with Crippen LogP contribution in [0.2, 0.25) is 0 Å². The lowest BCUT2D eigenvalue weighted by Gasteiger charge is -2.07. The van der Waals surface area contributed by atoms with Gasteiger partial charge in [0.1, 0.15) is 0 Å². The van der Waals surface area contributed by atoms with E-state index in [4.69, 9.17) is 5.11 Å². The molecule has 104 valence electrons. The van der Waals surface area contributed by atoms with E-state index >= 15 is 0 Å². The summed E-state index contributed by atoms with van der Waals surface area (Å²) in [5.41, 5.74) is -0.442. The van der Waals surface area contributed by atoms with Crippen molar-refractivity contribution in [2.45, 2.75) is 4.90 Å². The molecule has 0 amide bonds. The van der Waals surface area contributed by atoms with Crippen LogP contribution in [-0.4, -0.2) is 24.5 Å².